The molecule has 3 heteroatoms. The predicted octanol–water partition coefficient (Wildman–Crippen LogP) is 1.63. The molecule has 15 heavy (non-hydrogen) atoms. The van der Waals surface area contributed by atoms with Gasteiger partial charge in [0.2, 0.25) is 0 Å². The zero-order valence-electron chi connectivity index (χ0n) is 8.90. The molecule has 3 nitrogen and oxygen atoms in total. The van der Waals surface area contributed by atoms with Gasteiger partial charge in [-0.05, 0) is 31.9 Å². The Balaban J connectivity index is 2.28. The lowest BCUT2D eigenvalue weighted by molar-refractivity contribution is 0.645. The van der Waals surface area contributed by atoms with E-state index in [4.69, 9.17) is 5.73 Å². The van der Waals surface area contributed by atoms with E-state index < -0.39 is 0 Å². The summed E-state index contributed by atoms with van der Waals surface area (Å²) in [5.41, 5.74) is 8.32. The van der Waals surface area contributed by atoms with E-state index in [0.29, 0.717) is 6.54 Å². The minimum Gasteiger partial charge on any atom is -0.329 e. The fourth-order valence-corrected chi connectivity index (χ4v) is 2.24. The molecule has 0 saturated heterocycles. The van der Waals surface area contributed by atoms with Crippen LogP contribution in [0.25, 0.3) is 5.52 Å². The Morgan fingerprint density at radius 2 is 2.27 bits per heavy atom. The average Bonchev–Trinajstić information content (AvgIpc) is 3.00. The van der Waals surface area contributed by atoms with Crippen molar-refractivity contribution >= 4 is 5.52 Å². The maximum Gasteiger partial charge on any atom is 0.121 e. The predicted molar refractivity (Wildman–Crippen MR) is 59.9 cm³/mol. The molecule has 2 heterocycles. The largest absolute Gasteiger partial charge is 0.329 e. The topological polar surface area (TPSA) is 43.3 Å². The van der Waals surface area contributed by atoms with Crippen molar-refractivity contribution in [3.8, 4) is 0 Å². The number of fused-ring (bicyclic) bond motifs is 1. The monoisotopic (exact) mass is 201 g/mol. The first-order valence-corrected chi connectivity index (χ1v) is 5.41. The number of hydrogen-bond acceptors (Lipinski definition) is 2. The molecule has 78 valence electrons. The van der Waals surface area contributed by atoms with Gasteiger partial charge in [0.25, 0.3) is 0 Å². The van der Waals surface area contributed by atoms with Gasteiger partial charge in [-0.1, -0.05) is 6.07 Å². The van der Waals surface area contributed by atoms with Gasteiger partial charge in [0.05, 0.1) is 11.2 Å². The summed E-state index contributed by atoms with van der Waals surface area (Å²) in [6.45, 7) is 2.77. The summed E-state index contributed by atoms with van der Waals surface area (Å²) in [7, 11) is 0. The third-order valence-corrected chi connectivity index (χ3v) is 3.45. The van der Waals surface area contributed by atoms with Crippen LogP contribution in [-0.4, -0.2) is 15.9 Å². The molecular formula is C12H15N3. The van der Waals surface area contributed by atoms with Crippen molar-refractivity contribution in [1.29, 1.82) is 0 Å². The summed E-state index contributed by atoms with van der Waals surface area (Å²) in [6.07, 6.45) is 4.44. The summed E-state index contributed by atoms with van der Waals surface area (Å²) in [5, 5.41) is 0. The SMILES string of the molecule is Cc1nc(C2(CN)CC2)n2ccccc12. The van der Waals surface area contributed by atoms with E-state index >= 15 is 0 Å². The van der Waals surface area contributed by atoms with Crippen molar-refractivity contribution in [2.75, 3.05) is 6.54 Å². The van der Waals surface area contributed by atoms with Crippen molar-refractivity contribution in [2.24, 2.45) is 5.73 Å². The van der Waals surface area contributed by atoms with E-state index in [1.54, 1.807) is 0 Å². The maximum atomic E-state index is 5.85. The third kappa shape index (κ3) is 1.13. The Morgan fingerprint density at radius 3 is 2.93 bits per heavy atom. The molecule has 0 spiro atoms. The Bertz CT molecular complexity index is 509. The van der Waals surface area contributed by atoms with Gasteiger partial charge in [-0.3, -0.25) is 0 Å². The number of hydrogen-bond donors (Lipinski definition) is 1. The van der Waals surface area contributed by atoms with E-state index in [-0.39, 0.29) is 5.41 Å². The zero-order valence-corrected chi connectivity index (χ0v) is 8.90. The molecule has 2 aromatic rings. The number of rotatable bonds is 2. The van der Waals surface area contributed by atoms with Crippen LogP contribution in [0.3, 0.4) is 0 Å². The number of pyridine rings is 1. The number of imidazole rings is 1. The number of aromatic nitrogens is 2. The Kier molecular flexibility index (Phi) is 1.68. The first kappa shape index (κ1) is 8.92. The first-order chi connectivity index (χ1) is 7.27. The van der Waals surface area contributed by atoms with Crippen molar-refractivity contribution in [1.82, 2.24) is 9.38 Å². The smallest absolute Gasteiger partial charge is 0.121 e. The minimum atomic E-state index is 0.165. The Labute approximate surface area is 88.9 Å². The van der Waals surface area contributed by atoms with Crippen LogP contribution < -0.4 is 5.73 Å². The number of nitrogens with two attached hydrogens (primary N) is 1. The fourth-order valence-electron chi connectivity index (χ4n) is 2.24. The molecule has 2 N–H and O–H groups in total. The summed E-state index contributed by atoms with van der Waals surface area (Å²) in [4.78, 5) is 4.68. The van der Waals surface area contributed by atoms with E-state index in [1.165, 1.54) is 18.4 Å². The molecule has 1 aliphatic carbocycles. The van der Waals surface area contributed by atoms with Crippen LogP contribution in [0, 0.1) is 6.92 Å². The van der Waals surface area contributed by atoms with Crippen LogP contribution in [0.4, 0.5) is 0 Å². The standard InChI is InChI=1S/C12H15N3/c1-9-10-4-2-3-7-15(10)11(14-9)12(8-13)5-6-12/h2-4,7H,5-6,8,13H2,1H3. The van der Waals surface area contributed by atoms with Crippen molar-refractivity contribution < 1.29 is 0 Å². The van der Waals surface area contributed by atoms with E-state index in [2.05, 4.69) is 34.6 Å². The molecule has 0 atom stereocenters. The molecule has 0 unspecified atom stereocenters. The molecule has 3 rings (SSSR count). The van der Waals surface area contributed by atoms with Crippen LogP contribution >= 0.6 is 0 Å². The lowest BCUT2D eigenvalue weighted by atomic mass is 10.1. The second-order valence-electron chi connectivity index (χ2n) is 4.46. The van der Waals surface area contributed by atoms with Gasteiger partial charge in [-0.25, -0.2) is 4.98 Å². The van der Waals surface area contributed by atoms with Gasteiger partial charge in [-0.2, -0.15) is 0 Å². The van der Waals surface area contributed by atoms with Gasteiger partial charge < -0.3 is 10.1 Å². The summed E-state index contributed by atoms with van der Waals surface area (Å²) < 4.78 is 2.19. The second-order valence-corrected chi connectivity index (χ2v) is 4.46. The Hall–Kier alpha value is -1.35. The maximum absolute atomic E-state index is 5.85. The molecule has 0 amide bonds. The van der Waals surface area contributed by atoms with Gasteiger partial charge in [0.1, 0.15) is 5.82 Å². The van der Waals surface area contributed by atoms with Crippen LogP contribution in [0.1, 0.15) is 24.4 Å². The third-order valence-electron chi connectivity index (χ3n) is 3.45. The normalized spacial score (nSPS) is 18.3. The molecule has 1 fully saturated rings. The highest BCUT2D eigenvalue weighted by Crippen LogP contribution is 2.46. The highest BCUT2D eigenvalue weighted by molar-refractivity contribution is 5.53. The fraction of sp³-hybridized carbons (Fsp3) is 0.417. The summed E-state index contributed by atoms with van der Waals surface area (Å²) in [6, 6.07) is 6.21. The van der Waals surface area contributed by atoms with Gasteiger partial charge >= 0.3 is 0 Å². The second kappa shape index (κ2) is 2.83. The van der Waals surface area contributed by atoms with Crippen molar-refractivity contribution in [3.63, 3.8) is 0 Å². The van der Waals surface area contributed by atoms with E-state index in [9.17, 15) is 0 Å². The minimum absolute atomic E-state index is 0.165. The van der Waals surface area contributed by atoms with Crippen LogP contribution in [0.15, 0.2) is 24.4 Å². The summed E-state index contributed by atoms with van der Waals surface area (Å²) in [5.74, 6) is 1.15. The van der Waals surface area contributed by atoms with Gasteiger partial charge in [-0.15, -0.1) is 0 Å². The summed E-state index contributed by atoms with van der Waals surface area (Å²) >= 11 is 0. The van der Waals surface area contributed by atoms with Gasteiger partial charge in [0.15, 0.2) is 0 Å². The van der Waals surface area contributed by atoms with Crippen LogP contribution in [0.2, 0.25) is 0 Å². The molecular weight excluding hydrogens is 186 g/mol. The zero-order chi connectivity index (χ0) is 10.5. The highest BCUT2D eigenvalue weighted by Gasteiger charge is 2.46. The van der Waals surface area contributed by atoms with Crippen LogP contribution in [0.5, 0.6) is 0 Å². The number of aryl methyl sites for hydroxylation is 1. The average molecular weight is 201 g/mol. The molecule has 0 aromatic carbocycles. The number of nitrogens with zero attached hydrogens (tertiary/aromatic N) is 2. The van der Waals surface area contributed by atoms with E-state index in [0.717, 1.165) is 11.5 Å². The quantitative estimate of drug-likeness (QED) is 0.802. The van der Waals surface area contributed by atoms with Gasteiger partial charge in [0, 0.05) is 18.2 Å². The lowest BCUT2D eigenvalue weighted by Crippen LogP contribution is -2.22. The molecule has 1 aliphatic rings. The molecule has 0 aliphatic heterocycles. The van der Waals surface area contributed by atoms with Crippen molar-refractivity contribution in [2.45, 2.75) is 25.2 Å². The Morgan fingerprint density at radius 1 is 1.47 bits per heavy atom. The van der Waals surface area contributed by atoms with Crippen LogP contribution in [-0.2, 0) is 5.41 Å². The van der Waals surface area contributed by atoms with Crippen molar-refractivity contribution in [3.05, 3.63) is 35.9 Å². The molecule has 0 radical (unpaired) electrons. The molecule has 0 bridgehead atoms. The first-order valence-electron chi connectivity index (χ1n) is 5.41. The molecule has 1 saturated carbocycles. The molecule has 2 aromatic heterocycles. The van der Waals surface area contributed by atoms with E-state index in [1.807, 2.05) is 6.07 Å². The highest BCUT2D eigenvalue weighted by atomic mass is 15.1. The lowest BCUT2D eigenvalue weighted by Gasteiger charge is -2.10.